The molecule has 1 saturated heterocycles. The van der Waals surface area contributed by atoms with Gasteiger partial charge in [-0.1, -0.05) is 0 Å². The van der Waals surface area contributed by atoms with Crippen molar-refractivity contribution in [3.05, 3.63) is 0 Å². The van der Waals surface area contributed by atoms with Gasteiger partial charge in [-0.3, -0.25) is 9.35 Å². The molecule has 0 amide bonds. The number of esters is 1. The van der Waals surface area contributed by atoms with Gasteiger partial charge in [0.05, 0.1) is 13.2 Å². The van der Waals surface area contributed by atoms with Gasteiger partial charge < -0.3 is 14.2 Å². The minimum absolute atomic E-state index is 0.0429. The number of hydrogen-bond acceptors (Lipinski definition) is 6. The van der Waals surface area contributed by atoms with Crippen LogP contribution in [0.2, 0.25) is 0 Å². The molecular formula is C10H15F3O7S. The number of carbonyl (C=O) groups is 1. The predicted octanol–water partition coefficient (Wildman–Crippen LogP) is 0.544. The number of rotatable bonds is 9. The summed E-state index contributed by atoms with van der Waals surface area (Å²) >= 11 is 0. The molecular weight excluding hydrogens is 321 g/mol. The molecule has 1 N–H and O–H groups in total. The van der Waals surface area contributed by atoms with Gasteiger partial charge in [0, 0.05) is 13.0 Å². The molecule has 124 valence electrons. The van der Waals surface area contributed by atoms with Crippen LogP contribution in [0.3, 0.4) is 0 Å². The highest BCUT2D eigenvalue weighted by molar-refractivity contribution is 7.85. The van der Waals surface area contributed by atoms with Crippen LogP contribution in [0, 0.1) is 0 Å². The van der Waals surface area contributed by atoms with Crippen molar-refractivity contribution in [1.82, 2.24) is 0 Å². The molecule has 0 aromatic rings. The second-order valence-electron chi connectivity index (χ2n) is 4.40. The summed E-state index contributed by atoms with van der Waals surface area (Å²) in [5.74, 6) is -2.94. The van der Waals surface area contributed by atoms with Crippen molar-refractivity contribution in [1.29, 1.82) is 0 Å². The molecule has 0 aliphatic carbocycles. The third-order valence-corrected chi connectivity index (χ3v) is 3.10. The van der Waals surface area contributed by atoms with Gasteiger partial charge in [-0.25, -0.2) is 0 Å². The summed E-state index contributed by atoms with van der Waals surface area (Å²) < 4.78 is 80.7. The van der Waals surface area contributed by atoms with Crippen molar-refractivity contribution in [2.24, 2.45) is 0 Å². The van der Waals surface area contributed by atoms with Crippen LogP contribution in [0.4, 0.5) is 13.2 Å². The molecule has 0 spiro atoms. The van der Waals surface area contributed by atoms with E-state index < -0.39 is 34.1 Å². The predicted molar refractivity (Wildman–Crippen MR) is 62.1 cm³/mol. The lowest BCUT2D eigenvalue weighted by molar-refractivity contribution is -0.215. The van der Waals surface area contributed by atoms with E-state index in [1.807, 2.05) is 0 Å². The summed E-state index contributed by atoms with van der Waals surface area (Å²) in [5.41, 5.74) is 0. The van der Waals surface area contributed by atoms with Gasteiger partial charge >= 0.3 is 12.1 Å². The van der Waals surface area contributed by atoms with E-state index in [9.17, 15) is 26.4 Å². The average molecular weight is 336 g/mol. The molecule has 7 nitrogen and oxygen atoms in total. The number of halogens is 3. The zero-order valence-electron chi connectivity index (χ0n) is 10.8. The minimum atomic E-state index is -5.08. The topological polar surface area (TPSA) is 102 Å². The molecule has 0 aromatic heterocycles. The first-order valence-corrected chi connectivity index (χ1v) is 7.59. The van der Waals surface area contributed by atoms with Gasteiger partial charge in [-0.15, -0.1) is 0 Å². The summed E-state index contributed by atoms with van der Waals surface area (Å²) in [6.07, 6.45) is -8.15. The number of epoxide rings is 1. The van der Waals surface area contributed by atoms with E-state index in [1.54, 1.807) is 0 Å². The molecule has 0 radical (unpaired) electrons. The fraction of sp³-hybridized carbons (Fsp3) is 0.900. The fourth-order valence-electron chi connectivity index (χ4n) is 1.30. The van der Waals surface area contributed by atoms with Crippen LogP contribution in [-0.2, 0) is 29.1 Å². The van der Waals surface area contributed by atoms with Crippen molar-refractivity contribution in [3.8, 4) is 0 Å². The van der Waals surface area contributed by atoms with E-state index in [2.05, 4.69) is 4.74 Å². The summed E-state index contributed by atoms with van der Waals surface area (Å²) in [6.45, 7) is 1.10. The van der Waals surface area contributed by atoms with E-state index >= 15 is 0 Å². The van der Waals surface area contributed by atoms with Crippen molar-refractivity contribution in [3.63, 3.8) is 0 Å². The Morgan fingerprint density at radius 1 is 1.43 bits per heavy atom. The van der Waals surface area contributed by atoms with E-state index in [0.29, 0.717) is 13.2 Å². The molecule has 2 atom stereocenters. The number of carbonyl (C=O) groups excluding carboxylic acids is 1. The Bertz CT molecular complexity index is 444. The van der Waals surface area contributed by atoms with Gasteiger partial charge in [-0.2, -0.15) is 21.6 Å². The van der Waals surface area contributed by atoms with Gasteiger partial charge in [0.15, 0.2) is 0 Å². The SMILES string of the molecule is O=C(CCCOCC1CO1)OC(CS(=O)(=O)O)C(F)(F)F. The number of ether oxygens (including phenoxy) is 3. The Kier molecular flexibility index (Phi) is 6.38. The van der Waals surface area contributed by atoms with Crippen LogP contribution in [0.25, 0.3) is 0 Å². The first-order chi connectivity index (χ1) is 9.58. The zero-order valence-corrected chi connectivity index (χ0v) is 11.7. The second kappa shape index (κ2) is 7.38. The average Bonchev–Trinajstić information content (AvgIpc) is 3.08. The molecule has 0 saturated carbocycles. The molecule has 0 bridgehead atoms. The Morgan fingerprint density at radius 2 is 2.05 bits per heavy atom. The zero-order chi connectivity index (χ0) is 16.1. The van der Waals surface area contributed by atoms with Crippen molar-refractivity contribution < 1.29 is 45.1 Å². The summed E-state index contributed by atoms with van der Waals surface area (Å²) in [6, 6.07) is 0. The van der Waals surface area contributed by atoms with Crippen molar-refractivity contribution in [2.75, 3.05) is 25.6 Å². The monoisotopic (exact) mass is 336 g/mol. The van der Waals surface area contributed by atoms with Crippen LogP contribution >= 0.6 is 0 Å². The molecule has 2 unspecified atom stereocenters. The van der Waals surface area contributed by atoms with Crippen LogP contribution < -0.4 is 0 Å². The smallest absolute Gasteiger partial charge is 0.426 e. The second-order valence-corrected chi connectivity index (χ2v) is 5.90. The molecule has 1 aliphatic heterocycles. The lowest BCUT2D eigenvalue weighted by Crippen LogP contribution is -2.39. The van der Waals surface area contributed by atoms with E-state index in [4.69, 9.17) is 14.0 Å². The van der Waals surface area contributed by atoms with Gasteiger partial charge in [0.25, 0.3) is 10.1 Å². The molecule has 21 heavy (non-hydrogen) atoms. The largest absolute Gasteiger partial charge is 0.451 e. The fourth-order valence-corrected chi connectivity index (χ4v) is 1.94. The molecule has 1 aliphatic rings. The highest BCUT2D eigenvalue weighted by atomic mass is 32.2. The van der Waals surface area contributed by atoms with E-state index in [-0.39, 0.29) is 25.6 Å². The Balaban J connectivity index is 2.29. The van der Waals surface area contributed by atoms with E-state index in [0.717, 1.165) is 0 Å². The first-order valence-electron chi connectivity index (χ1n) is 5.98. The van der Waals surface area contributed by atoms with Crippen molar-refractivity contribution >= 4 is 16.1 Å². The maximum Gasteiger partial charge on any atom is 0.426 e. The molecule has 1 rings (SSSR count). The lowest BCUT2D eigenvalue weighted by atomic mass is 10.3. The first kappa shape index (κ1) is 18.1. The van der Waals surface area contributed by atoms with Crippen LogP contribution in [0.1, 0.15) is 12.8 Å². The molecule has 1 heterocycles. The van der Waals surface area contributed by atoms with Crippen LogP contribution in [-0.4, -0.2) is 62.9 Å². The van der Waals surface area contributed by atoms with Crippen molar-refractivity contribution in [2.45, 2.75) is 31.2 Å². The van der Waals surface area contributed by atoms with Gasteiger partial charge in [0.1, 0.15) is 11.9 Å². The Hall–Kier alpha value is -0.910. The third-order valence-electron chi connectivity index (χ3n) is 2.38. The Labute approximate surface area is 119 Å². The summed E-state index contributed by atoms with van der Waals surface area (Å²) in [7, 11) is -4.92. The van der Waals surface area contributed by atoms with Crippen LogP contribution in [0.15, 0.2) is 0 Å². The minimum Gasteiger partial charge on any atom is -0.451 e. The number of alkyl halides is 3. The van der Waals surface area contributed by atoms with Crippen LogP contribution in [0.5, 0.6) is 0 Å². The molecule has 0 aromatic carbocycles. The Morgan fingerprint density at radius 3 is 2.52 bits per heavy atom. The van der Waals surface area contributed by atoms with Gasteiger partial charge in [0.2, 0.25) is 6.10 Å². The number of hydrogen-bond donors (Lipinski definition) is 1. The molecule has 1 fully saturated rings. The maximum atomic E-state index is 12.5. The highest BCUT2D eigenvalue weighted by Crippen LogP contribution is 2.24. The lowest BCUT2D eigenvalue weighted by Gasteiger charge is -2.19. The highest BCUT2D eigenvalue weighted by Gasteiger charge is 2.45. The maximum absolute atomic E-state index is 12.5. The third kappa shape index (κ3) is 8.86. The molecule has 11 heteroatoms. The quantitative estimate of drug-likeness (QED) is 0.284. The summed E-state index contributed by atoms with van der Waals surface area (Å²) in [5, 5.41) is 0. The van der Waals surface area contributed by atoms with E-state index in [1.165, 1.54) is 0 Å². The normalized spacial score (nSPS) is 20.1. The summed E-state index contributed by atoms with van der Waals surface area (Å²) in [4.78, 5) is 11.2. The standard InChI is InChI=1S/C10H15F3O7S/c11-10(12,13)8(6-21(15,16)17)20-9(14)2-1-3-18-4-7-5-19-7/h7-8H,1-6H2,(H,15,16,17). The van der Waals surface area contributed by atoms with Gasteiger partial charge in [-0.05, 0) is 6.42 Å².